The third kappa shape index (κ3) is 6.28. The molecule has 2 rings (SSSR count). The highest BCUT2D eigenvalue weighted by atomic mass is 16.6. The molecule has 1 fully saturated rings. The van der Waals surface area contributed by atoms with Gasteiger partial charge in [0.05, 0.1) is 6.20 Å². The third-order valence-corrected chi connectivity index (χ3v) is 2.92. The van der Waals surface area contributed by atoms with E-state index in [1.165, 1.54) is 0 Å². The van der Waals surface area contributed by atoms with Crippen LogP contribution in [0.2, 0.25) is 0 Å². The number of piperidine rings is 1. The fourth-order valence-electron chi connectivity index (χ4n) is 2.00. The van der Waals surface area contributed by atoms with Gasteiger partial charge in [0.2, 0.25) is 5.88 Å². The summed E-state index contributed by atoms with van der Waals surface area (Å²) >= 11 is 0. The minimum absolute atomic E-state index is 0.0744. The maximum absolute atomic E-state index is 11.9. The molecule has 0 saturated carbocycles. The van der Waals surface area contributed by atoms with E-state index in [0.29, 0.717) is 19.0 Å². The van der Waals surface area contributed by atoms with Crippen molar-refractivity contribution in [1.29, 1.82) is 0 Å². The van der Waals surface area contributed by atoms with E-state index >= 15 is 0 Å². The van der Waals surface area contributed by atoms with Gasteiger partial charge in [-0.05, 0) is 20.8 Å². The van der Waals surface area contributed by atoms with Crippen LogP contribution < -0.4 is 4.74 Å². The summed E-state index contributed by atoms with van der Waals surface area (Å²) in [6.07, 6.45) is 6.18. The van der Waals surface area contributed by atoms with Gasteiger partial charge in [-0.3, -0.25) is 4.98 Å². The van der Waals surface area contributed by atoms with E-state index in [-0.39, 0.29) is 12.2 Å². The van der Waals surface area contributed by atoms with Gasteiger partial charge in [-0.2, -0.15) is 0 Å². The predicted octanol–water partition coefficient (Wildman–Crippen LogP) is 3.28. The van der Waals surface area contributed by atoms with Gasteiger partial charge in [0.25, 0.3) is 0 Å². The van der Waals surface area contributed by atoms with Crippen molar-refractivity contribution in [1.82, 2.24) is 14.9 Å². The molecule has 6 nitrogen and oxygen atoms in total. The van der Waals surface area contributed by atoms with Gasteiger partial charge in [0.1, 0.15) is 11.7 Å². The summed E-state index contributed by atoms with van der Waals surface area (Å²) < 4.78 is 11.1. The van der Waals surface area contributed by atoms with Gasteiger partial charge >= 0.3 is 6.09 Å². The molecule has 0 aromatic carbocycles. The zero-order valence-electron chi connectivity index (χ0n) is 14.2. The molecule has 0 unspecified atom stereocenters. The molecular weight excluding hydrogens is 282 g/mol. The van der Waals surface area contributed by atoms with Crippen molar-refractivity contribution in [2.24, 2.45) is 0 Å². The molecular formula is C16H27N3O3. The van der Waals surface area contributed by atoms with E-state index in [0.717, 1.165) is 12.8 Å². The molecule has 1 aliphatic heterocycles. The minimum Gasteiger partial charge on any atom is -0.473 e. The lowest BCUT2D eigenvalue weighted by molar-refractivity contribution is 0.0122. The Hall–Kier alpha value is -1.85. The average molecular weight is 309 g/mol. The SMILES string of the molecule is CC.CC(C)(C)OC(=O)N1CCC(Oc2cnccn2)CC1. The first kappa shape index (κ1) is 18.2. The summed E-state index contributed by atoms with van der Waals surface area (Å²) in [5, 5.41) is 0. The highest BCUT2D eigenvalue weighted by molar-refractivity contribution is 5.68. The minimum atomic E-state index is -0.454. The molecule has 0 N–H and O–H groups in total. The van der Waals surface area contributed by atoms with Crippen molar-refractivity contribution in [3.05, 3.63) is 18.6 Å². The fraction of sp³-hybridized carbons (Fsp3) is 0.688. The Bertz CT molecular complexity index is 438. The standard InChI is InChI=1S/C14H21N3O3.C2H6/c1-14(2,3)20-13(18)17-8-4-11(5-9-17)19-12-10-15-6-7-16-12;1-2/h6-7,10-11H,4-5,8-9H2,1-3H3;1-2H3. The molecule has 1 saturated heterocycles. The number of aromatic nitrogens is 2. The molecule has 0 bridgehead atoms. The first-order valence-electron chi connectivity index (χ1n) is 7.84. The molecule has 0 aliphatic carbocycles. The van der Waals surface area contributed by atoms with E-state index in [2.05, 4.69) is 9.97 Å². The normalized spacial score (nSPS) is 15.6. The number of ether oxygens (including phenoxy) is 2. The lowest BCUT2D eigenvalue weighted by Gasteiger charge is -2.33. The zero-order valence-corrected chi connectivity index (χ0v) is 14.2. The number of nitrogens with zero attached hydrogens (tertiary/aromatic N) is 3. The van der Waals surface area contributed by atoms with Crippen molar-refractivity contribution in [2.75, 3.05) is 13.1 Å². The number of amides is 1. The summed E-state index contributed by atoms with van der Waals surface area (Å²) in [5.41, 5.74) is -0.454. The number of likely N-dealkylation sites (tertiary alicyclic amines) is 1. The van der Waals surface area contributed by atoms with Gasteiger partial charge in [-0.1, -0.05) is 13.8 Å². The molecule has 0 radical (unpaired) electrons. The topological polar surface area (TPSA) is 64.5 Å². The Morgan fingerprint density at radius 1 is 1.23 bits per heavy atom. The lowest BCUT2D eigenvalue weighted by Crippen LogP contribution is -2.44. The van der Waals surface area contributed by atoms with E-state index in [9.17, 15) is 4.79 Å². The van der Waals surface area contributed by atoms with E-state index in [1.807, 2.05) is 34.6 Å². The molecule has 0 spiro atoms. The second-order valence-corrected chi connectivity index (χ2v) is 5.83. The third-order valence-electron chi connectivity index (χ3n) is 2.92. The van der Waals surface area contributed by atoms with Crippen LogP contribution in [0.4, 0.5) is 4.79 Å². The maximum atomic E-state index is 11.9. The molecule has 22 heavy (non-hydrogen) atoms. The molecule has 1 aliphatic rings. The van der Waals surface area contributed by atoms with Crippen molar-refractivity contribution < 1.29 is 14.3 Å². The van der Waals surface area contributed by atoms with Crippen LogP contribution in [0.15, 0.2) is 18.6 Å². The summed E-state index contributed by atoms with van der Waals surface area (Å²) in [7, 11) is 0. The number of carbonyl (C=O) groups excluding carboxylic acids is 1. The fourth-order valence-corrected chi connectivity index (χ4v) is 2.00. The van der Waals surface area contributed by atoms with Crippen molar-refractivity contribution in [3.63, 3.8) is 0 Å². The Balaban J connectivity index is 0.00000116. The number of hydrogen-bond donors (Lipinski definition) is 0. The molecule has 1 aromatic rings. The van der Waals surface area contributed by atoms with Crippen LogP contribution in [0.3, 0.4) is 0 Å². The summed E-state index contributed by atoms with van der Waals surface area (Å²) in [6, 6.07) is 0. The van der Waals surface area contributed by atoms with Crippen LogP contribution in [0, 0.1) is 0 Å². The van der Waals surface area contributed by atoms with Gasteiger partial charge in [-0.15, -0.1) is 0 Å². The van der Waals surface area contributed by atoms with Gasteiger partial charge in [0, 0.05) is 38.3 Å². The van der Waals surface area contributed by atoms with Gasteiger partial charge < -0.3 is 14.4 Å². The zero-order chi connectivity index (χ0) is 16.6. The summed E-state index contributed by atoms with van der Waals surface area (Å²) in [5.74, 6) is 0.531. The maximum Gasteiger partial charge on any atom is 0.410 e. The number of rotatable bonds is 2. The predicted molar refractivity (Wildman–Crippen MR) is 84.8 cm³/mol. The number of hydrogen-bond acceptors (Lipinski definition) is 5. The Kier molecular flexibility index (Phi) is 7.08. The second-order valence-electron chi connectivity index (χ2n) is 5.83. The lowest BCUT2D eigenvalue weighted by atomic mass is 10.1. The largest absolute Gasteiger partial charge is 0.473 e. The van der Waals surface area contributed by atoms with E-state index in [4.69, 9.17) is 9.47 Å². The van der Waals surface area contributed by atoms with Crippen molar-refractivity contribution >= 4 is 6.09 Å². The molecule has 1 amide bonds. The number of carbonyl (C=O) groups is 1. The van der Waals surface area contributed by atoms with E-state index in [1.54, 1.807) is 23.5 Å². The highest BCUT2D eigenvalue weighted by Crippen LogP contribution is 2.18. The molecule has 1 aromatic heterocycles. The van der Waals surface area contributed by atoms with Crippen molar-refractivity contribution in [3.8, 4) is 5.88 Å². The smallest absolute Gasteiger partial charge is 0.410 e. The van der Waals surface area contributed by atoms with Crippen LogP contribution in [0.25, 0.3) is 0 Å². The van der Waals surface area contributed by atoms with Crippen LogP contribution in [0.5, 0.6) is 5.88 Å². The van der Waals surface area contributed by atoms with Crippen LogP contribution >= 0.6 is 0 Å². The molecule has 124 valence electrons. The first-order valence-corrected chi connectivity index (χ1v) is 7.84. The van der Waals surface area contributed by atoms with Crippen LogP contribution in [-0.2, 0) is 4.74 Å². The molecule has 2 heterocycles. The first-order chi connectivity index (χ1) is 10.4. The Labute approximate surface area is 132 Å². The molecule has 6 heteroatoms. The molecule has 0 atom stereocenters. The second kappa shape index (κ2) is 8.56. The monoisotopic (exact) mass is 309 g/mol. The average Bonchev–Trinajstić information content (AvgIpc) is 2.49. The summed E-state index contributed by atoms with van der Waals surface area (Å²) in [4.78, 5) is 21.7. The Morgan fingerprint density at radius 2 is 1.86 bits per heavy atom. The Morgan fingerprint density at radius 3 is 2.36 bits per heavy atom. The van der Waals surface area contributed by atoms with Gasteiger partial charge in [0.15, 0.2) is 0 Å². The van der Waals surface area contributed by atoms with Crippen LogP contribution in [-0.4, -0.2) is 45.8 Å². The van der Waals surface area contributed by atoms with E-state index < -0.39 is 5.60 Å². The van der Waals surface area contributed by atoms with Gasteiger partial charge in [-0.25, -0.2) is 9.78 Å². The summed E-state index contributed by atoms with van der Waals surface area (Å²) in [6.45, 7) is 10.9. The van der Waals surface area contributed by atoms with Crippen molar-refractivity contribution in [2.45, 2.75) is 59.2 Å². The quantitative estimate of drug-likeness (QED) is 0.839. The highest BCUT2D eigenvalue weighted by Gasteiger charge is 2.27. The van der Waals surface area contributed by atoms with Crippen LogP contribution in [0.1, 0.15) is 47.5 Å².